The largest absolute Gasteiger partial charge is 0.357 e. The van der Waals surface area contributed by atoms with E-state index in [1.807, 2.05) is 13.2 Å². The summed E-state index contributed by atoms with van der Waals surface area (Å²) in [5.41, 5.74) is 2.46. The third-order valence-corrected chi connectivity index (χ3v) is 3.62. The van der Waals surface area contributed by atoms with Crippen molar-refractivity contribution >= 4 is 10.9 Å². The maximum atomic E-state index is 13.2. The fourth-order valence-electron chi connectivity index (χ4n) is 2.46. The number of hydrogen-bond acceptors (Lipinski definition) is 3. The van der Waals surface area contributed by atoms with Crippen molar-refractivity contribution in [1.29, 1.82) is 0 Å². The molecule has 3 rings (SSSR count). The van der Waals surface area contributed by atoms with Crippen LogP contribution in [-0.2, 0) is 13.0 Å². The summed E-state index contributed by atoms with van der Waals surface area (Å²) >= 11 is 0. The Morgan fingerprint density at radius 2 is 2.18 bits per heavy atom. The molecule has 0 atom stereocenters. The summed E-state index contributed by atoms with van der Waals surface area (Å²) in [6.45, 7) is 1.48. The lowest BCUT2D eigenvalue weighted by Gasteiger charge is -2.16. The number of rotatable bonds is 5. The first-order valence-electron chi connectivity index (χ1n) is 7.09. The lowest BCUT2D eigenvalue weighted by molar-refractivity contribution is 0.327. The van der Waals surface area contributed by atoms with Crippen molar-refractivity contribution in [2.45, 2.75) is 13.0 Å². The van der Waals surface area contributed by atoms with Crippen LogP contribution >= 0.6 is 0 Å². The Morgan fingerprint density at radius 1 is 1.32 bits per heavy atom. The van der Waals surface area contributed by atoms with Gasteiger partial charge in [-0.1, -0.05) is 0 Å². The summed E-state index contributed by atoms with van der Waals surface area (Å²) in [6, 6.07) is 5.75. The van der Waals surface area contributed by atoms with E-state index in [0.29, 0.717) is 17.4 Å². The first kappa shape index (κ1) is 14.5. The lowest BCUT2D eigenvalue weighted by Crippen LogP contribution is -2.22. The topological polar surface area (TPSA) is 64.8 Å². The van der Waals surface area contributed by atoms with E-state index in [1.165, 1.54) is 18.2 Å². The van der Waals surface area contributed by atoms with E-state index in [0.717, 1.165) is 24.2 Å². The zero-order valence-corrected chi connectivity index (χ0v) is 12.3. The molecule has 5 nitrogen and oxygen atoms in total. The van der Waals surface area contributed by atoms with Crippen LogP contribution in [0.3, 0.4) is 0 Å². The van der Waals surface area contributed by atoms with E-state index >= 15 is 0 Å². The number of hydrogen-bond donors (Lipinski definition) is 2. The number of H-pyrrole nitrogens is 2. The molecule has 0 bridgehead atoms. The Morgan fingerprint density at radius 3 is 2.95 bits per heavy atom. The van der Waals surface area contributed by atoms with Gasteiger partial charge in [0.1, 0.15) is 5.82 Å². The van der Waals surface area contributed by atoms with Crippen LogP contribution in [0.4, 0.5) is 4.39 Å². The molecule has 0 aliphatic carbocycles. The number of halogens is 1. The molecule has 22 heavy (non-hydrogen) atoms. The molecule has 0 fully saturated rings. The average Bonchev–Trinajstić information content (AvgIpc) is 2.99. The van der Waals surface area contributed by atoms with Crippen molar-refractivity contribution in [2.75, 3.05) is 13.6 Å². The number of nitrogens with one attached hydrogen (secondary N) is 2. The van der Waals surface area contributed by atoms with E-state index in [-0.39, 0.29) is 5.43 Å². The van der Waals surface area contributed by atoms with Crippen LogP contribution in [0.25, 0.3) is 10.9 Å². The zero-order valence-electron chi connectivity index (χ0n) is 12.3. The minimum absolute atomic E-state index is 0.161. The van der Waals surface area contributed by atoms with Crippen molar-refractivity contribution in [2.24, 2.45) is 0 Å². The molecule has 6 heteroatoms. The van der Waals surface area contributed by atoms with Crippen LogP contribution < -0.4 is 5.43 Å². The number of aromatic nitrogens is 3. The highest BCUT2D eigenvalue weighted by molar-refractivity contribution is 5.78. The molecule has 0 aliphatic heterocycles. The molecule has 3 aromatic rings. The van der Waals surface area contributed by atoms with Gasteiger partial charge in [0, 0.05) is 41.9 Å². The number of aromatic amines is 2. The quantitative estimate of drug-likeness (QED) is 0.758. The van der Waals surface area contributed by atoms with Crippen molar-refractivity contribution in [1.82, 2.24) is 20.1 Å². The van der Waals surface area contributed by atoms with Gasteiger partial charge in [0.15, 0.2) is 5.43 Å². The molecule has 0 saturated heterocycles. The minimum Gasteiger partial charge on any atom is -0.357 e. The summed E-state index contributed by atoms with van der Waals surface area (Å²) in [7, 11) is 1.99. The smallest absolute Gasteiger partial charge is 0.189 e. The van der Waals surface area contributed by atoms with Gasteiger partial charge in [-0.05, 0) is 37.2 Å². The van der Waals surface area contributed by atoms with Gasteiger partial charge in [0.2, 0.25) is 0 Å². The first-order chi connectivity index (χ1) is 10.6. The second kappa shape index (κ2) is 6.11. The number of nitrogens with zero attached hydrogens (tertiary/aromatic N) is 2. The van der Waals surface area contributed by atoms with Gasteiger partial charge in [-0.2, -0.15) is 5.10 Å². The van der Waals surface area contributed by atoms with Crippen molar-refractivity contribution < 1.29 is 4.39 Å². The number of benzene rings is 1. The molecule has 0 aliphatic rings. The molecule has 0 spiro atoms. The summed E-state index contributed by atoms with van der Waals surface area (Å²) in [5.74, 6) is -0.400. The van der Waals surface area contributed by atoms with Crippen molar-refractivity contribution in [3.63, 3.8) is 0 Å². The van der Waals surface area contributed by atoms with E-state index in [2.05, 4.69) is 20.1 Å². The van der Waals surface area contributed by atoms with E-state index in [9.17, 15) is 9.18 Å². The molecule has 0 amide bonds. The third-order valence-electron chi connectivity index (χ3n) is 3.62. The van der Waals surface area contributed by atoms with Gasteiger partial charge in [-0.3, -0.25) is 9.89 Å². The fourth-order valence-corrected chi connectivity index (χ4v) is 2.46. The highest BCUT2D eigenvalue weighted by Gasteiger charge is 2.06. The normalized spacial score (nSPS) is 11.4. The lowest BCUT2D eigenvalue weighted by atomic mass is 10.2. The Bertz CT molecular complexity index is 826. The summed E-state index contributed by atoms with van der Waals surface area (Å²) < 4.78 is 13.2. The molecular weight excluding hydrogens is 283 g/mol. The van der Waals surface area contributed by atoms with Crippen LogP contribution in [0.2, 0.25) is 0 Å². The molecule has 2 heterocycles. The molecule has 0 saturated carbocycles. The third kappa shape index (κ3) is 3.23. The summed E-state index contributed by atoms with van der Waals surface area (Å²) in [4.78, 5) is 17.4. The number of fused-ring (bicyclic) bond motifs is 1. The van der Waals surface area contributed by atoms with E-state index < -0.39 is 5.82 Å². The highest BCUT2D eigenvalue weighted by atomic mass is 19.1. The second-order valence-electron chi connectivity index (χ2n) is 5.44. The highest BCUT2D eigenvalue weighted by Crippen LogP contribution is 2.11. The molecule has 2 N–H and O–H groups in total. The van der Waals surface area contributed by atoms with Crippen LogP contribution in [0.5, 0.6) is 0 Å². The molecular formula is C16H17FN4O. The van der Waals surface area contributed by atoms with Crippen molar-refractivity contribution in [3.05, 3.63) is 64.0 Å². The Kier molecular flexibility index (Phi) is 4.02. The monoisotopic (exact) mass is 300 g/mol. The number of likely N-dealkylation sites (N-methyl/N-ethyl adjacent to an activating group) is 1. The second-order valence-corrected chi connectivity index (χ2v) is 5.44. The van der Waals surface area contributed by atoms with E-state index in [1.54, 1.807) is 12.3 Å². The van der Waals surface area contributed by atoms with Gasteiger partial charge in [-0.15, -0.1) is 0 Å². The Hall–Kier alpha value is -2.47. The van der Waals surface area contributed by atoms with Gasteiger partial charge in [0.25, 0.3) is 0 Å². The molecule has 2 aromatic heterocycles. The Balaban J connectivity index is 1.73. The van der Waals surface area contributed by atoms with E-state index in [4.69, 9.17) is 0 Å². The van der Waals surface area contributed by atoms with Gasteiger partial charge < -0.3 is 9.88 Å². The van der Waals surface area contributed by atoms with Crippen LogP contribution in [0.1, 0.15) is 11.3 Å². The van der Waals surface area contributed by atoms with Crippen LogP contribution in [-0.4, -0.2) is 33.7 Å². The standard InChI is InChI=1S/C16H17FN4O/c1-21(5-4-11-8-18-19-9-11)10-13-7-16(22)14-6-12(17)2-3-15(14)20-13/h2-3,6-9H,4-5,10H2,1H3,(H,18,19)(H,20,22). The van der Waals surface area contributed by atoms with Gasteiger partial charge in [-0.25, -0.2) is 4.39 Å². The summed E-state index contributed by atoms with van der Waals surface area (Å²) in [5, 5.41) is 7.08. The SMILES string of the molecule is CN(CCc1cn[nH]c1)Cc1cc(=O)c2cc(F)ccc2[nH]1. The summed E-state index contributed by atoms with van der Waals surface area (Å²) in [6.07, 6.45) is 4.57. The molecule has 0 unspecified atom stereocenters. The molecule has 0 radical (unpaired) electrons. The predicted molar refractivity (Wildman–Crippen MR) is 83.2 cm³/mol. The number of pyridine rings is 1. The average molecular weight is 300 g/mol. The van der Waals surface area contributed by atoms with Crippen LogP contribution in [0, 0.1) is 5.82 Å². The van der Waals surface area contributed by atoms with Crippen molar-refractivity contribution in [3.8, 4) is 0 Å². The minimum atomic E-state index is -0.400. The molecule has 1 aromatic carbocycles. The van der Waals surface area contributed by atoms with Crippen LogP contribution in [0.15, 0.2) is 41.5 Å². The van der Waals surface area contributed by atoms with Gasteiger partial charge in [0.05, 0.1) is 6.20 Å². The maximum Gasteiger partial charge on any atom is 0.189 e. The molecule has 114 valence electrons. The fraction of sp³-hybridized carbons (Fsp3) is 0.250. The van der Waals surface area contributed by atoms with Gasteiger partial charge >= 0.3 is 0 Å². The first-order valence-corrected chi connectivity index (χ1v) is 7.09. The zero-order chi connectivity index (χ0) is 15.5. The predicted octanol–water partition coefficient (Wildman–Crippen LogP) is 2.06. The Labute approximate surface area is 126 Å². The maximum absolute atomic E-state index is 13.2.